The lowest BCUT2D eigenvalue weighted by molar-refractivity contribution is 0.308. The van der Waals surface area contributed by atoms with Crippen molar-refractivity contribution < 1.29 is 0 Å². The Morgan fingerprint density at radius 1 is 1.24 bits per heavy atom. The molecule has 1 aromatic rings. The summed E-state index contributed by atoms with van der Waals surface area (Å²) < 4.78 is 0. The lowest BCUT2D eigenvalue weighted by Crippen LogP contribution is -2.23. The van der Waals surface area contributed by atoms with Gasteiger partial charge in [0.05, 0.1) is 0 Å². The Balaban J connectivity index is 0.00000144. The van der Waals surface area contributed by atoms with Crippen molar-refractivity contribution >= 4 is 24.0 Å². The molecule has 2 N–H and O–H groups in total. The first-order chi connectivity index (χ1) is 7.68. The van der Waals surface area contributed by atoms with Gasteiger partial charge in [0, 0.05) is 11.1 Å². The molecule has 0 saturated heterocycles. The minimum absolute atomic E-state index is 0. The van der Waals surface area contributed by atoms with Crippen LogP contribution in [0.25, 0.3) is 0 Å². The molecule has 0 spiro atoms. The highest BCUT2D eigenvalue weighted by Gasteiger charge is 2.21. The van der Waals surface area contributed by atoms with E-state index in [1.54, 1.807) is 0 Å². The molecule has 0 aliphatic heterocycles. The summed E-state index contributed by atoms with van der Waals surface area (Å²) in [4.78, 5) is 0. The second-order valence-corrected chi connectivity index (χ2v) is 5.34. The minimum Gasteiger partial charge on any atom is -0.324 e. The van der Waals surface area contributed by atoms with Crippen molar-refractivity contribution in [2.45, 2.75) is 45.1 Å². The topological polar surface area (TPSA) is 26.0 Å². The maximum absolute atomic E-state index is 6.35. The molecular weight excluding hydrogens is 253 g/mol. The quantitative estimate of drug-likeness (QED) is 0.834. The first-order valence-electron chi connectivity index (χ1n) is 6.20. The molecule has 1 saturated carbocycles. The second-order valence-electron chi connectivity index (χ2n) is 4.93. The molecule has 1 nitrogen and oxygen atoms in total. The summed E-state index contributed by atoms with van der Waals surface area (Å²) in [7, 11) is 0. The van der Waals surface area contributed by atoms with Crippen LogP contribution in [0, 0.1) is 12.8 Å². The fourth-order valence-electron chi connectivity index (χ4n) is 2.64. The summed E-state index contributed by atoms with van der Waals surface area (Å²) in [5.74, 6) is 0.661. The Morgan fingerprint density at radius 3 is 2.47 bits per heavy atom. The number of aryl methyl sites for hydroxylation is 1. The average Bonchev–Trinajstić information content (AvgIpc) is 2.33. The van der Waals surface area contributed by atoms with Gasteiger partial charge in [0.1, 0.15) is 0 Å². The molecule has 0 aromatic heterocycles. The van der Waals surface area contributed by atoms with Crippen LogP contribution in [0.4, 0.5) is 0 Å². The zero-order valence-electron chi connectivity index (χ0n) is 10.3. The number of nitrogens with two attached hydrogens (primary N) is 1. The SMILES string of the molecule is Cc1cc([C@@H](N)C2CCCCC2)ccc1Cl.Cl. The molecular formula is C14H21Cl2N. The Labute approximate surface area is 115 Å². The zero-order chi connectivity index (χ0) is 11.5. The van der Waals surface area contributed by atoms with Crippen LogP contribution in [0.5, 0.6) is 0 Å². The van der Waals surface area contributed by atoms with Crippen molar-refractivity contribution in [2.24, 2.45) is 11.7 Å². The average molecular weight is 274 g/mol. The van der Waals surface area contributed by atoms with Crippen molar-refractivity contribution in [1.82, 2.24) is 0 Å². The van der Waals surface area contributed by atoms with Gasteiger partial charge >= 0.3 is 0 Å². The highest BCUT2D eigenvalue weighted by atomic mass is 35.5. The molecule has 1 fully saturated rings. The fourth-order valence-corrected chi connectivity index (χ4v) is 2.76. The van der Waals surface area contributed by atoms with Crippen LogP contribution in [-0.4, -0.2) is 0 Å². The summed E-state index contributed by atoms with van der Waals surface area (Å²) >= 11 is 6.03. The van der Waals surface area contributed by atoms with Gasteiger partial charge in [0.15, 0.2) is 0 Å². The number of rotatable bonds is 2. The van der Waals surface area contributed by atoms with E-state index in [1.165, 1.54) is 37.7 Å². The summed E-state index contributed by atoms with van der Waals surface area (Å²) in [5.41, 5.74) is 8.72. The maximum atomic E-state index is 6.35. The summed E-state index contributed by atoms with van der Waals surface area (Å²) in [6.07, 6.45) is 6.62. The minimum atomic E-state index is 0. The van der Waals surface area contributed by atoms with E-state index in [0.717, 1.165) is 10.6 Å². The van der Waals surface area contributed by atoms with Crippen molar-refractivity contribution in [1.29, 1.82) is 0 Å². The molecule has 96 valence electrons. The van der Waals surface area contributed by atoms with E-state index in [1.807, 2.05) is 13.0 Å². The molecule has 2 rings (SSSR count). The predicted molar refractivity (Wildman–Crippen MR) is 76.9 cm³/mol. The summed E-state index contributed by atoms with van der Waals surface area (Å²) in [6.45, 7) is 2.04. The third kappa shape index (κ3) is 3.61. The Bertz CT molecular complexity index is 359. The first-order valence-corrected chi connectivity index (χ1v) is 6.58. The summed E-state index contributed by atoms with van der Waals surface area (Å²) in [6, 6.07) is 6.38. The highest BCUT2D eigenvalue weighted by molar-refractivity contribution is 6.31. The molecule has 0 unspecified atom stereocenters. The molecule has 0 radical (unpaired) electrons. The van der Waals surface area contributed by atoms with E-state index < -0.39 is 0 Å². The van der Waals surface area contributed by atoms with Crippen LogP contribution in [0.15, 0.2) is 18.2 Å². The van der Waals surface area contributed by atoms with Gasteiger partial charge in [-0.05, 0) is 42.9 Å². The van der Waals surface area contributed by atoms with E-state index in [9.17, 15) is 0 Å². The summed E-state index contributed by atoms with van der Waals surface area (Å²) in [5, 5.41) is 0.833. The van der Waals surface area contributed by atoms with Gasteiger partial charge in [-0.2, -0.15) is 0 Å². The number of hydrogen-bond donors (Lipinski definition) is 1. The smallest absolute Gasteiger partial charge is 0.0435 e. The van der Waals surface area contributed by atoms with Gasteiger partial charge in [0.25, 0.3) is 0 Å². The number of hydrogen-bond acceptors (Lipinski definition) is 1. The van der Waals surface area contributed by atoms with Crippen LogP contribution >= 0.6 is 24.0 Å². The van der Waals surface area contributed by atoms with E-state index in [4.69, 9.17) is 17.3 Å². The van der Waals surface area contributed by atoms with Crippen molar-refractivity contribution in [2.75, 3.05) is 0 Å². The molecule has 1 aliphatic rings. The van der Waals surface area contributed by atoms with Gasteiger partial charge < -0.3 is 5.73 Å². The standard InChI is InChI=1S/C14H20ClN.ClH/c1-10-9-12(7-8-13(10)15)14(16)11-5-3-2-4-6-11;/h7-9,11,14H,2-6,16H2,1H3;1H/t14-;/m0./s1. The number of halogens is 2. The monoisotopic (exact) mass is 273 g/mol. The Morgan fingerprint density at radius 2 is 1.88 bits per heavy atom. The lowest BCUT2D eigenvalue weighted by atomic mass is 9.81. The van der Waals surface area contributed by atoms with Crippen LogP contribution in [-0.2, 0) is 0 Å². The van der Waals surface area contributed by atoms with Crippen molar-refractivity contribution in [3.8, 4) is 0 Å². The molecule has 3 heteroatoms. The largest absolute Gasteiger partial charge is 0.324 e. The van der Waals surface area contributed by atoms with Gasteiger partial charge in [-0.15, -0.1) is 12.4 Å². The Kier molecular flexibility index (Phi) is 5.78. The van der Waals surface area contributed by atoms with E-state index in [0.29, 0.717) is 5.92 Å². The first kappa shape index (κ1) is 14.8. The highest BCUT2D eigenvalue weighted by Crippen LogP contribution is 2.33. The normalized spacial score (nSPS) is 18.5. The zero-order valence-corrected chi connectivity index (χ0v) is 11.9. The third-order valence-corrected chi connectivity index (χ3v) is 4.15. The van der Waals surface area contributed by atoms with Gasteiger partial charge in [0.2, 0.25) is 0 Å². The van der Waals surface area contributed by atoms with Crippen LogP contribution in [0.3, 0.4) is 0 Å². The fraction of sp³-hybridized carbons (Fsp3) is 0.571. The third-order valence-electron chi connectivity index (χ3n) is 3.72. The van der Waals surface area contributed by atoms with E-state index in [2.05, 4.69) is 12.1 Å². The molecule has 1 aliphatic carbocycles. The molecule has 1 aromatic carbocycles. The van der Waals surface area contributed by atoms with E-state index >= 15 is 0 Å². The molecule has 17 heavy (non-hydrogen) atoms. The molecule has 1 atom stereocenters. The van der Waals surface area contributed by atoms with Crippen molar-refractivity contribution in [3.05, 3.63) is 34.3 Å². The van der Waals surface area contributed by atoms with Crippen LogP contribution in [0.1, 0.15) is 49.3 Å². The lowest BCUT2D eigenvalue weighted by Gasteiger charge is -2.28. The van der Waals surface area contributed by atoms with Gasteiger partial charge in [-0.3, -0.25) is 0 Å². The van der Waals surface area contributed by atoms with Gasteiger partial charge in [-0.1, -0.05) is 43.0 Å². The molecule has 0 bridgehead atoms. The maximum Gasteiger partial charge on any atom is 0.0435 e. The predicted octanol–water partition coefficient (Wildman–Crippen LogP) is 4.65. The van der Waals surface area contributed by atoms with Crippen molar-refractivity contribution in [3.63, 3.8) is 0 Å². The number of benzene rings is 1. The molecule has 0 heterocycles. The van der Waals surface area contributed by atoms with Crippen LogP contribution in [0.2, 0.25) is 5.02 Å². The van der Waals surface area contributed by atoms with Gasteiger partial charge in [-0.25, -0.2) is 0 Å². The Hall–Kier alpha value is -0.240. The second kappa shape index (κ2) is 6.63. The van der Waals surface area contributed by atoms with E-state index in [-0.39, 0.29) is 18.4 Å². The van der Waals surface area contributed by atoms with Crippen LogP contribution < -0.4 is 5.73 Å². The molecule has 0 amide bonds.